The molecule has 0 aromatic carbocycles. The van der Waals surface area contributed by atoms with Crippen LogP contribution < -0.4 is 16.0 Å². The van der Waals surface area contributed by atoms with Crippen molar-refractivity contribution in [1.29, 1.82) is 0 Å². The van der Waals surface area contributed by atoms with Gasteiger partial charge in [0.15, 0.2) is 0 Å². The summed E-state index contributed by atoms with van der Waals surface area (Å²) >= 11 is 0. The van der Waals surface area contributed by atoms with Crippen LogP contribution in [0.25, 0.3) is 0 Å². The summed E-state index contributed by atoms with van der Waals surface area (Å²) in [6, 6.07) is 4.09. The second kappa shape index (κ2) is 10.6. The molecule has 0 aliphatic rings. The van der Waals surface area contributed by atoms with Gasteiger partial charge in [-0.2, -0.15) is 0 Å². The van der Waals surface area contributed by atoms with Gasteiger partial charge in [-0.1, -0.05) is 0 Å². The maximum Gasteiger partial charge on any atom is 0.303 e. The number of carbonyl (C=O) groups is 4. The highest BCUT2D eigenvalue weighted by atomic mass is 16.6. The minimum atomic E-state index is -0.944. The number of amides is 3. The van der Waals surface area contributed by atoms with Gasteiger partial charge >= 0.3 is 5.97 Å². The number of hydrogen-bond acceptors (Lipinski definition) is 6. The number of aromatic nitrogens is 3. The number of carboxylic acid groups (broad SMARTS) is 1. The predicted octanol–water partition coefficient (Wildman–Crippen LogP) is 1.71. The summed E-state index contributed by atoms with van der Waals surface area (Å²) in [6.07, 6.45) is 4.54. The Labute approximate surface area is 204 Å². The van der Waals surface area contributed by atoms with E-state index >= 15 is 0 Å². The fraction of sp³-hybridized carbons (Fsp3) is 0.273. The van der Waals surface area contributed by atoms with Gasteiger partial charge in [-0.05, 0) is 18.6 Å². The van der Waals surface area contributed by atoms with Gasteiger partial charge in [-0.15, -0.1) is 0 Å². The zero-order valence-electron chi connectivity index (χ0n) is 19.8. The fourth-order valence-electron chi connectivity index (χ4n) is 3.51. The monoisotopic (exact) mass is 499 g/mol. The summed E-state index contributed by atoms with van der Waals surface area (Å²) in [5.41, 5.74) is 1.03. The number of carbonyl (C=O) groups excluding carboxylic acids is 3. The number of nitrogens with one attached hydrogen (secondary N) is 3. The third kappa shape index (κ3) is 5.97. The largest absolute Gasteiger partial charge is 0.481 e. The van der Waals surface area contributed by atoms with E-state index in [4.69, 9.17) is 5.11 Å². The molecule has 0 fully saturated rings. The summed E-state index contributed by atoms with van der Waals surface area (Å²) in [5, 5.41) is 27.5. The quantitative estimate of drug-likeness (QED) is 0.186. The molecule has 36 heavy (non-hydrogen) atoms. The first-order chi connectivity index (χ1) is 17.0. The van der Waals surface area contributed by atoms with Gasteiger partial charge in [0.2, 0.25) is 0 Å². The molecule has 0 aliphatic carbocycles. The van der Waals surface area contributed by atoms with Gasteiger partial charge in [0, 0.05) is 52.6 Å². The molecular weight excluding hydrogens is 474 g/mol. The molecule has 4 N–H and O–H groups in total. The topological polar surface area (TPSA) is 183 Å². The van der Waals surface area contributed by atoms with Crippen LogP contribution in [0.5, 0.6) is 0 Å². The number of anilines is 2. The number of rotatable bonds is 10. The molecule has 14 heteroatoms. The molecule has 0 radical (unpaired) electrons. The van der Waals surface area contributed by atoms with Crippen molar-refractivity contribution >= 4 is 40.8 Å². The van der Waals surface area contributed by atoms with Crippen molar-refractivity contribution in [2.75, 3.05) is 17.2 Å². The summed E-state index contributed by atoms with van der Waals surface area (Å²) in [6.45, 7) is 0.200. The second-order valence-electron chi connectivity index (χ2n) is 8.06. The van der Waals surface area contributed by atoms with Crippen molar-refractivity contribution in [3.05, 3.63) is 64.0 Å². The predicted molar refractivity (Wildman–Crippen MR) is 128 cm³/mol. The smallest absolute Gasteiger partial charge is 0.303 e. The van der Waals surface area contributed by atoms with Crippen LogP contribution in [0.2, 0.25) is 0 Å². The summed E-state index contributed by atoms with van der Waals surface area (Å²) in [7, 11) is 4.75. The maximum absolute atomic E-state index is 12.8. The van der Waals surface area contributed by atoms with Gasteiger partial charge in [0.25, 0.3) is 23.4 Å². The van der Waals surface area contributed by atoms with Crippen LogP contribution in [0.15, 0.2) is 36.8 Å². The second-order valence-corrected chi connectivity index (χ2v) is 8.06. The number of nitrogens with zero attached hydrogens (tertiary/aromatic N) is 4. The zero-order chi connectivity index (χ0) is 26.6. The minimum Gasteiger partial charge on any atom is -0.481 e. The van der Waals surface area contributed by atoms with E-state index in [1.807, 2.05) is 0 Å². The van der Waals surface area contributed by atoms with Crippen molar-refractivity contribution in [2.45, 2.75) is 12.8 Å². The molecule has 14 nitrogen and oxygen atoms in total. The molecular formula is C22H25N7O7. The molecule has 3 rings (SSSR count). The Hall–Kier alpha value is -4.88. The lowest BCUT2D eigenvalue weighted by molar-refractivity contribution is -0.384. The molecule has 0 spiro atoms. The number of nitro groups is 1. The highest BCUT2D eigenvalue weighted by Gasteiger charge is 2.20. The Morgan fingerprint density at radius 2 is 1.31 bits per heavy atom. The molecule has 3 heterocycles. The minimum absolute atomic E-state index is 0.0566. The molecule has 0 unspecified atom stereocenters. The lowest BCUT2D eigenvalue weighted by Gasteiger charge is -2.04. The van der Waals surface area contributed by atoms with Crippen LogP contribution in [-0.4, -0.2) is 54.0 Å². The van der Waals surface area contributed by atoms with E-state index in [1.165, 1.54) is 45.3 Å². The average molecular weight is 499 g/mol. The summed E-state index contributed by atoms with van der Waals surface area (Å²) < 4.78 is 4.36. The maximum atomic E-state index is 12.8. The Morgan fingerprint density at radius 3 is 1.78 bits per heavy atom. The molecule has 3 aromatic rings. The molecule has 0 saturated heterocycles. The van der Waals surface area contributed by atoms with Crippen molar-refractivity contribution in [3.8, 4) is 0 Å². The average Bonchev–Trinajstić information content (AvgIpc) is 3.47. The van der Waals surface area contributed by atoms with Crippen molar-refractivity contribution in [3.63, 3.8) is 0 Å². The van der Waals surface area contributed by atoms with Crippen LogP contribution >= 0.6 is 0 Å². The number of aryl methyl sites for hydroxylation is 3. The van der Waals surface area contributed by atoms with Gasteiger partial charge in [-0.3, -0.25) is 29.3 Å². The zero-order valence-corrected chi connectivity index (χ0v) is 19.8. The van der Waals surface area contributed by atoms with Gasteiger partial charge < -0.3 is 34.8 Å². The Balaban J connectivity index is 1.65. The molecule has 3 amide bonds. The number of aliphatic carboxylic acids is 1. The Bertz CT molecular complexity index is 1350. The first-order valence-corrected chi connectivity index (χ1v) is 10.7. The Morgan fingerprint density at radius 1 is 0.833 bits per heavy atom. The highest BCUT2D eigenvalue weighted by Crippen LogP contribution is 2.20. The van der Waals surface area contributed by atoms with Crippen LogP contribution in [-0.2, 0) is 25.9 Å². The van der Waals surface area contributed by atoms with Crippen LogP contribution in [0, 0.1) is 10.1 Å². The molecule has 190 valence electrons. The Kier molecular flexibility index (Phi) is 7.57. The van der Waals surface area contributed by atoms with Gasteiger partial charge in [0.1, 0.15) is 17.1 Å². The summed E-state index contributed by atoms with van der Waals surface area (Å²) in [5.74, 6) is -2.43. The molecule has 0 atom stereocenters. The van der Waals surface area contributed by atoms with E-state index in [0.717, 1.165) is 6.07 Å². The SMILES string of the molecule is Cn1cc(NC(=O)c2cc(NC(=O)c3cc([N+](=O)[O-])cn3C)cn2C)cc1C(=O)NCCCC(=O)O. The molecule has 0 aliphatic heterocycles. The molecule has 0 saturated carbocycles. The first kappa shape index (κ1) is 25.7. The van der Waals surface area contributed by atoms with Gasteiger partial charge in [0.05, 0.1) is 22.5 Å². The lowest BCUT2D eigenvalue weighted by atomic mass is 10.3. The third-order valence-corrected chi connectivity index (χ3v) is 5.28. The van der Waals surface area contributed by atoms with Gasteiger partial charge in [-0.25, -0.2) is 0 Å². The van der Waals surface area contributed by atoms with Crippen molar-refractivity contribution in [1.82, 2.24) is 19.0 Å². The van der Waals surface area contributed by atoms with E-state index in [0.29, 0.717) is 17.8 Å². The van der Waals surface area contributed by atoms with E-state index in [9.17, 15) is 29.3 Å². The van der Waals surface area contributed by atoms with Crippen LogP contribution in [0.4, 0.5) is 17.1 Å². The highest BCUT2D eigenvalue weighted by molar-refractivity contribution is 6.07. The lowest BCUT2D eigenvalue weighted by Crippen LogP contribution is -2.26. The number of carboxylic acids is 1. The van der Waals surface area contributed by atoms with Crippen LogP contribution in [0.3, 0.4) is 0 Å². The van der Waals surface area contributed by atoms with E-state index in [1.54, 1.807) is 20.3 Å². The number of hydrogen-bond donors (Lipinski definition) is 4. The van der Waals surface area contributed by atoms with E-state index in [2.05, 4.69) is 16.0 Å². The van der Waals surface area contributed by atoms with Crippen LogP contribution in [0.1, 0.15) is 44.3 Å². The fourth-order valence-corrected chi connectivity index (χ4v) is 3.51. The third-order valence-electron chi connectivity index (χ3n) is 5.28. The van der Waals surface area contributed by atoms with Crippen molar-refractivity contribution in [2.24, 2.45) is 21.1 Å². The summed E-state index contributed by atoms with van der Waals surface area (Å²) in [4.78, 5) is 58.6. The van der Waals surface area contributed by atoms with Crippen molar-refractivity contribution < 1.29 is 29.2 Å². The first-order valence-electron chi connectivity index (χ1n) is 10.7. The van der Waals surface area contributed by atoms with E-state index < -0.39 is 28.6 Å². The molecule has 3 aromatic heterocycles. The normalized spacial score (nSPS) is 10.6. The standard InChI is InChI=1S/C22H25N7O7/c1-26-10-13(7-16(26)20(32)23-6-4-5-19(30)31)24-21(33)17-8-14(11-27(17)2)25-22(34)18-9-15(29(35)36)12-28(18)3/h7-12H,4-6H2,1-3H3,(H,23,32)(H,24,33)(H,25,34)(H,30,31). The molecule has 0 bridgehead atoms. The van der Waals surface area contributed by atoms with E-state index in [-0.39, 0.29) is 35.7 Å².